The fraction of sp³-hybridized carbons (Fsp3) is 0.478. The molecule has 13 nitrogen and oxygen atoms in total. The molecule has 0 aromatic heterocycles. The summed E-state index contributed by atoms with van der Waals surface area (Å²) < 4.78 is 10.3. The average Bonchev–Trinajstić information content (AvgIpc) is 3.19. The zero-order valence-electron chi connectivity index (χ0n) is 36.0. The number of carbonyl (C=O) groups is 6. The number of methoxy groups -OCH3 is 1. The topological polar surface area (TPSA) is 155 Å². The highest BCUT2D eigenvalue weighted by atomic mass is 16.6. The SMILES string of the molecule is COC(=O)c1ccc(CN(C(C)=O)c2ccc3c(c2)CN(C(=O)[C@@H](NC(=O)[C@H](C)N(C)C(=O)OC(C)(C)C)C(C)(C)C)[C@H](C(=O)NC2CCCc4ccccc42)C3)cc1. The molecule has 3 aromatic rings. The lowest BCUT2D eigenvalue weighted by Crippen LogP contribution is -2.62. The minimum absolute atomic E-state index is 0.0384. The third-order valence-corrected chi connectivity index (χ3v) is 11.0. The summed E-state index contributed by atoms with van der Waals surface area (Å²) in [4.78, 5) is 85.6. The first kappa shape index (κ1) is 44.4. The number of hydrogen-bond donors (Lipinski definition) is 2. The van der Waals surface area contributed by atoms with Crippen LogP contribution in [0.25, 0.3) is 0 Å². The Bertz CT molecular complexity index is 2070. The maximum Gasteiger partial charge on any atom is 0.410 e. The number of aryl methyl sites for hydroxylation is 1. The minimum atomic E-state index is -1.08. The Labute approximate surface area is 347 Å². The Morgan fingerprint density at radius 2 is 1.58 bits per heavy atom. The van der Waals surface area contributed by atoms with Crippen LogP contribution in [0.15, 0.2) is 66.7 Å². The molecule has 0 spiro atoms. The molecule has 1 aliphatic carbocycles. The van der Waals surface area contributed by atoms with Gasteiger partial charge in [-0.2, -0.15) is 0 Å². The van der Waals surface area contributed by atoms with E-state index in [4.69, 9.17) is 9.47 Å². The van der Waals surface area contributed by atoms with Crippen molar-refractivity contribution in [2.24, 2.45) is 5.41 Å². The zero-order valence-corrected chi connectivity index (χ0v) is 36.0. The van der Waals surface area contributed by atoms with E-state index >= 15 is 4.79 Å². The molecular formula is C46H59N5O8. The van der Waals surface area contributed by atoms with Crippen molar-refractivity contribution in [1.82, 2.24) is 20.4 Å². The van der Waals surface area contributed by atoms with Crippen molar-refractivity contribution in [3.63, 3.8) is 0 Å². The second-order valence-corrected chi connectivity index (χ2v) is 17.7. The van der Waals surface area contributed by atoms with Crippen molar-refractivity contribution in [1.29, 1.82) is 0 Å². The maximum atomic E-state index is 15.0. The normalized spacial score (nSPS) is 17.3. The van der Waals surface area contributed by atoms with Crippen molar-refractivity contribution in [2.75, 3.05) is 19.1 Å². The van der Waals surface area contributed by atoms with Crippen LogP contribution in [0.3, 0.4) is 0 Å². The van der Waals surface area contributed by atoms with Crippen LogP contribution < -0.4 is 15.5 Å². The van der Waals surface area contributed by atoms with Gasteiger partial charge in [-0.3, -0.25) is 24.1 Å². The number of esters is 1. The molecule has 5 amide bonds. The van der Waals surface area contributed by atoms with E-state index in [-0.39, 0.29) is 37.4 Å². The predicted molar refractivity (Wildman–Crippen MR) is 224 cm³/mol. The Morgan fingerprint density at radius 3 is 2.20 bits per heavy atom. The van der Waals surface area contributed by atoms with E-state index in [1.165, 1.54) is 36.4 Å². The first-order chi connectivity index (χ1) is 27.7. The molecule has 1 aliphatic heterocycles. The Kier molecular flexibility index (Phi) is 13.6. The number of anilines is 1. The van der Waals surface area contributed by atoms with Gasteiger partial charge in [-0.15, -0.1) is 0 Å². The summed E-state index contributed by atoms with van der Waals surface area (Å²) in [7, 11) is 2.79. The van der Waals surface area contributed by atoms with Crippen molar-refractivity contribution in [2.45, 2.75) is 124 Å². The number of amides is 5. The quantitative estimate of drug-likeness (QED) is 0.228. The van der Waals surface area contributed by atoms with Crippen LogP contribution in [0, 0.1) is 5.41 Å². The monoisotopic (exact) mass is 809 g/mol. The summed E-state index contributed by atoms with van der Waals surface area (Å²) in [6.07, 6.45) is 2.13. The summed E-state index contributed by atoms with van der Waals surface area (Å²) in [5.41, 5.74) is 4.07. The number of ether oxygens (including phenoxy) is 2. The fourth-order valence-corrected chi connectivity index (χ4v) is 7.55. The lowest BCUT2D eigenvalue weighted by molar-refractivity contribution is -0.147. The molecule has 2 N–H and O–H groups in total. The summed E-state index contributed by atoms with van der Waals surface area (Å²) >= 11 is 0. The summed E-state index contributed by atoms with van der Waals surface area (Å²) in [6, 6.07) is 17.3. The molecular weight excluding hydrogens is 751 g/mol. The Morgan fingerprint density at radius 1 is 0.898 bits per heavy atom. The van der Waals surface area contributed by atoms with Crippen LogP contribution in [0.5, 0.6) is 0 Å². The van der Waals surface area contributed by atoms with Gasteiger partial charge in [-0.05, 0) is 104 Å². The summed E-state index contributed by atoms with van der Waals surface area (Å²) in [6.45, 7) is 14.0. The standard InChI is InChI=1S/C46H59N5O8/c1-28(49(9)44(57)59-46(6,7)8)40(53)48-39(45(3,4)5)42(55)51-27-34-24-35(50(29(2)52)26-30-18-20-32(21-19-30)43(56)58-10)23-22-33(34)25-38(51)41(54)47-37-17-13-15-31-14-11-12-16-36(31)37/h11-12,14,16,18-24,28,37-39H,13,15,17,25-27H2,1-10H3,(H,47,54)(H,48,53)/t28-,37?,38-,39+/m0/s1. The average molecular weight is 810 g/mol. The number of hydrogen-bond acceptors (Lipinski definition) is 8. The van der Waals surface area contributed by atoms with E-state index in [1.807, 2.05) is 57.2 Å². The molecule has 1 unspecified atom stereocenters. The van der Waals surface area contributed by atoms with Crippen LogP contribution in [-0.4, -0.2) is 83.4 Å². The van der Waals surface area contributed by atoms with Gasteiger partial charge in [-0.25, -0.2) is 9.59 Å². The van der Waals surface area contributed by atoms with Gasteiger partial charge < -0.3 is 29.9 Å². The van der Waals surface area contributed by atoms with Gasteiger partial charge in [0.25, 0.3) is 0 Å². The van der Waals surface area contributed by atoms with Crippen molar-refractivity contribution >= 4 is 41.4 Å². The van der Waals surface area contributed by atoms with Crippen molar-refractivity contribution in [3.8, 4) is 0 Å². The number of nitrogens with one attached hydrogen (secondary N) is 2. The zero-order chi connectivity index (χ0) is 43.4. The van der Waals surface area contributed by atoms with Crippen LogP contribution in [0.1, 0.15) is 112 Å². The lowest BCUT2D eigenvalue weighted by Gasteiger charge is -2.42. The van der Waals surface area contributed by atoms with E-state index < -0.39 is 53.0 Å². The Hall–Kier alpha value is -5.72. The fourth-order valence-electron chi connectivity index (χ4n) is 7.55. The minimum Gasteiger partial charge on any atom is -0.465 e. The molecule has 0 saturated heterocycles. The second-order valence-electron chi connectivity index (χ2n) is 17.7. The van der Waals surface area contributed by atoms with Gasteiger partial charge in [0.05, 0.1) is 25.3 Å². The van der Waals surface area contributed by atoms with E-state index in [1.54, 1.807) is 56.9 Å². The van der Waals surface area contributed by atoms with Gasteiger partial charge in [0, 0.05) is 32.6 Å². The third-order valence-electron chi connectivity index (χ3n) is 11.0. The summed E-state index contributed by atoms with van der Waals surface area (Å²) in [5.74, 6) is -1.97. The third kappa shape index (κ3) is 10.7. The molecule has 0 radical (unpaired) electrons. The van der Waals surface area contributed by atoms with Crippen LogP contribution in [0.4, 0.5) is 10.5 Å². The van der Waals surface area contributed by atoms with E-state index in [0.717, 1.165) is 41.5 Å². The highest BCUT2D eigenvalue weighted by molar-refractivity contribution is 5.95. The molecule has 4 atom stereocenters. The molecule has 3 aromatic carbocycles. The van der Waals surface area contributed by atoms with Crippen molar-refractivity contribution in [3.05, 3.63) is 100 Å². The number of nitrogens with zero attached hydrogens (tertiary/aromatic N) is 3. The smallest absolute Gasteiger partial charge is 0.410 e. The number of rotatable bonds is 10. The maximum absolute atomic E-state index is 15.0. The molecule has 1 heterocycles. The molecule has 0 fully saturated rings. The van der Waals surface area contributed by atoms with Gasteiger partial charge >= 0.3 is 12.1 Å². The number of likely N-dealkylation sites (N-methyl/N-ethyl adjacent to an activating group) is 1. The van der Waals surface area contributed by atoms with Gasteiger partial charge in [0.1, 0.15) is 23.7 Å². The molecule has 13 heteroatoms. The predicted octanol–water partition coefficient (Wildman–Crippen LogP) is 6.26. The van der Waals surface area contributed by atoms with E-state index in [2.05, 4.69) is 16.7 Å². The number of benzene rings is 3. The lowest BCUT2D eigenvalue weighted by atomic mass is 9.83. The van der Waals surface area contributed by atoms with Crippen molar-refractivity contribution < 1.29 is 38.2 Å². The molecule has 0 saturated carbocycles. The van der Waals surface area contributed by atoms with Crippen LogP contribution >= 0.6 is 0 Å². The number of fused-ring (bicyclic) bond motifs is 2. The molecule has 0 bridgehead atoms. The molecule has 2 aliphatic rings. The van der Waals surface area contributed by atoms with Crippen LogP contribution in [0.2, 0.25) is 0 Å². The second kappa shape index (κ2) is 18.0. The first-order valence-corrected chi connectivity index (χ1v) is 20.2. The highest BCUT2D eigenvalue weighted by Gasteiger charge is 2.43. The van der Waals surface area contributed by atoms with Gasteiger partial charge in [0.2, 0.25) is 23.6 Å². The van der Waals surface area contributed by atoms with E-state index in [9.17, 15) is 24.0 Å². The van der Waals surface area contributed by atoms with E-state index in [0.29, 0.717) is 11.3 Å². The van der Waals surface area contributed by atoms with Crippen LogP contribution in [-0.2, 0) is 54.6 Å². The highest BCUT2D eigenvalue weighted by Crippen LogP contribution is 2.34. The number of carbonyl (C=O) groups excluding carboxylic acids is 6. The summed E-state index contributed by atoms with van der Waals surface area (Å²) in [5, 5.41) is 6.19. The largest absolute Gasteiger partial charge is 0.465 e. The van der Waals surface area contributed by atoms with Gasteiger partial charge in [-0.1, -0.05) is 63.2 Å². The van der Waals surface area contributed by atoms with Gasteiger partial charge in [0.15, 0.2) is 0 Å². The first-order valence-electron chi connectivity index (χ1n) is 20.2. The molecule has 316 valence electrons. The molecule has 5 rings (SSSR count). The Balaban J connectivity index is 1.47. The molecule has 59 heavy (non-hydrogen) atoms.